The largest absolute Gasteiger partial charge is 0.520 e. The van der Waals surface area contributed by atoms with E-state index in [2.05, 4.69) is 6.92 Å². The molecule has 1 aliphatic rings. The molecule has 0 spiro atoms. The van der Waals surface area contributed by atoms with Crippen molar-refractivity contribution < 1.29 is 19.2 Å². The van der Waals surface area contributed by atoms with Crippen LogP contribution in [0.4, 0.5) is 4.79 Å². The standard InChI is InChI=1S/C9H15NO3S/c1-2-14-8-3-5-10(7-11,6-4-8)9(12)13/h7-8H,2-6H2,1H3/p+1. The number of thioether (sulfide) groups is 1. The van der Waals surface area contributed by atoms with Crippen LogP contribution < -0.4 is 0 Å². The Labute approximate surface area is 87.9 Å². The van der Waals surface area contributed by atoms with Gasteiger partial charge in [0.05, 0.1) is 13.1 Å². The molecule has 1 saturated heterocycles. The number of hydrogen-bond acceptors (Lipinski definition) is 3. The lowest BCUT2D eigenvalue weighted by molar-refractivity contribution is -0.777. The van der Waals surface area contributed by atoms with Crippen LogP contribution >= 0.6 is 11.8 Å². The predicted molar refractivity (Wildman–Crippen MR) is 55.2 cm³/mol. The summed E-state index contributed by atoms with van der Waals surface area (Å²) in [5, 5.41) is 9.47. The van der Waals surface area contributed by atoms with E-state index in [1.807, 2.05) is 11.8 Å². The third kappa shape index (κ3) is 2.27. The molecule has 0 aromatic carbocycles. The summed E-state index contributed by atoms with van der Waals surface area (Å²) >= 11 is 1.86. The van der Waals surface area contributed by atoms with Crippen LogP contribution in [0.25, 0.3) is 0 Å². The SMILES string of the molecule is CCSC1CC[N+](C=O)(C(=O)O)CC1. The number of amides is 2. The quantitative estimate of drug-likeness (QED) is 0.577. The van der Waals surface area contributed by atoms with Crippen molar-refractivity contribution in [3.63, 3.8) is 0 Å². The molecule has 0 aliphatic carbocycles. The van der Waals surface area contributed by atoms with Gasteiger partial charge in [-0.15, -0.1) is 0 Å². The molecule has 0 unspecified atom stereocenters. The zero-order valence-corrected chi connectivity index (χ0v) is 9.13. The summed E-state index contributed by atoms with van der Waals surface area (Å²) in [5.74, 6) is 1.05. The summed E-state index contributed by atoms with van der Waals surface area (Å²) in [5.41, 5.74) is 0. The maximum atomic E-state index is 10.9. The van der Waals surface area contributed by atoms with Gasteiger partial charge in [-0.05, 0) is 5.75 Å². The number of quaternary nitrogens is 1. The van der Waals surface area contributed by atoms with Crippen molar-refractivity contribution in [1.29, 1.82) is 0 Å². The number of piperidine rings is 1. The first-order valence-electron chi connectivity index (χ1n) is 4.83. The number of carboxylic acid groups (broad SMARTS) is 1. The van der Waals surface area contributed by atoms with Crippen molar-refractivity contribution in [2.45, 2.75) is 25.0 Å². The lowest BCUT2D eigenvalue weighted by atomic mass is 10.1. The van der Waals surface area contributed by atoms with Crippen LogP contribution in [-0.4, -0.2) is 46.2 Å². The third-order valence-electron chi connectivity index (χ3n) is 2.69. The highest BCUT2D eigenvalue weighted by atomic mass is 32.2. The monoisotopic (exact) mass is 218 g/mol. The molecule has 2 amide bonds. The summed E-state index contributed by atoms with van der Waals surface area (Å²) in [6, 6.07) is 0. The fourth-order valence-corrected chi connectivity index (χ4v) is 2.76. The molecule has 0 atom stereocenters. The third-order valence-corrected chi connectivity index (χ3v) is 3.96. The molecule has 1 rings (SSSR count). The molecular weight excluding hydrogens is 202 g/mol. The molecule has 4 nitrogen and oxygen atoms in total. The van der Waals surface area contributed by atoms with Gasteiger partial charge in [0.15, 0.2) is 0 Å². The van der Waals surface area contributed by atoms with Gasteiger partial charge in [0.2, 0.25) is 0 Å². The van der Waals surface area contributed by atoms with E-state index < -0.39 is 10.6 Å². The summed E-state index contributed by atoms with van der Waals surface area (Å²) in [4.78, 5) is 21.7. The Kier molecular flexibility index (Phi) is 3.95. The Hall–Kier alpha value is -0.550. The number of rotatable bonds is 3. The first-order chi connectivity index (χ1) is 6.64. The van der Waals surface area contributed by atoms with E-state index in [4.69, 9.17) is 5.11 Å². The molecule has 1 heterocycles. The lowest BCUT2D eigenvalue weighted by Crippen LogP contribution is -2.55. The molecule has 1 fully saturated rings. The number of imide groups is 1. The van der Waals surface area contributed by atoms with Crippen LogP contribution in [0.2, 0.25) is 0 Å². The van der Waals surface area contributed by atoms with Crippen LogP contribution in [0.5, 0.6) is 0 Å². The zero-order chi connectivity index (χ0) is 10.6. The Morgan fingerprint density at radius 1 is 1.57 bits per heavy atom. The highest BCUT2D eigenvalue weighted by Gasteiger charge is 2.41. The number of carbonyl (C=O) groups excluding carboxylic acids is 1. The first-order valence-corrected chi connectivity index (χ1v) is 5.87. The molecule has 14 heavy (non-hydrogen) atoms. The molecule has 80 valence electrons. The van der Waals surface area contributed by atoms with E-state index in [0.717, 1.165) is 18.6 Å². The molecule has 0 aromatic rings. The van der Waals surface area contributed by atoms with Gasteiger partial charge < -0.3 is 5.11 Å². The summed E-state index contributed by atoms with van der Waals surface area (Å²) in [6.45, 7) is 2.98. The van der Waals surface area contributed by atoms with E-state index >= 15 is 0 Å². The highest BCUT2D eigenvalue weighted by molar-refractivity contribution is 7.99. The van der Waals surface area contributed by atoms with Crippen LogP contribution in [0.1, 0.15) is 19.8 Å². The lowest BCUT2D eigenvalue weighted by Gasteiger charge is -2.33. The van der Waals surface area contributed by atoms with Crippen molar-refractivity contribution in [2.75, 3.05) is 18.8 Å². The maximum Gasteiger partial charge on any atom is 0.520 e. The van der Waals surface area contributed by atoms with E-state index in [1.165, 1.54) is 0 Å². The molecule has 0 radical (unpaired) electrons. The van der Waals surface area contributed by atoms with E-state index in [0.29, 0.717) is 24.7 Å². The molecular formula is C9H16NO3S+. The van der Waals surface area contributed by atoms with Gasteiger partial charge in [0.25, 0.3) is 0 Å². The predicted octanol–water partition coefficient (Wildman–Crippen LogP) is 1.55. The minimum Gasteiger partial charge on any atom is -0.435 e. The number of carbonyl (C=O) groups is 2. The second-order valence-corrected chi connectivity index (χ2v) is 5.10. The van der Waals surface area contributed by atoms with E-state index in [9.17, 15) is 9.59 Å². The average Bonchev–Trinajstić information content (AvgIpc) is 2.19. The van der Waals surface area contributed by atoms with Crippen molar-refractivity contribution >= 4 is 24.3 Å². The van der Waals surface area contributed by atoms with Gasteiger partial charge in [-0.2, -0.15) is 21.0 Å². The van der Waals surface area contributed by atoms with E-state index in [1.54, 1.807) is 0 Å². The Balaban J connectivity index is 2.55. The summed E-state index contributed by atoms with van der Waals surface area (Å²) in [7, 11) is 0. The van der Waals surface area contributed by atoms with E-state index in [-0.39, 0.29) is 0 Å². The van der Waals surface area contributed by atoms with Crippen molar-refractivity contribution in [1.82, 2.24) is 0 Å². The van der Waals surface area contributed by atoms with Gasteiger partial charge in [0.1, 0.15) is 0 Å². The second kappa shape index (κ2) is 4.79. The fourth-order valence-electron chi connectivity index (χ4n) is 1.75. The maximum absolute atomic E-state index is 10.9. The van der Waals surface area contributed by atoms with Crippen LogP contribution in [0, 0.1) is 0 Å². The normalized spacial score (nSPS) is 32.5. The van der Waals surface area contributed by atoms with Crippen molar-refractivity contribution in [2.24, 2.45) is 0 Å². The zero-order valence-electron chi connectivity index (χ0n) is 8.31. The molecule has 0 saturated carbocycles. The Morgan fingerprint density at radius 2 is 2.14 bits per heavy atom. The molecule has 0 bridgehead atoms. The summed E-state index contributed by atoms with van der Waals surface area (Å²) in [6.07, 6.45) is 1.20. The van der Waals surface area contributed by atoms with Gasteiger partial charge in [0, 0.05) is 18.1 Å². The topological polar surface area (TPSA) is 54.4 Å². The highest BCUT2D eigenvalue weighted by Crippen LogP contribution is 2.26. The second-order valence-electron chi connectivity index (χ2n) is 3.52. The first kappa shape index (κ1) is 11.5. The Morgan fingerprint density at radius 3 is 2.50 bits per heavy atom. The number of hydrogen-bond donors (Lipinski definition) is 1. The van der Waals surface area contributed by atoms with Gasteiger partial charge >= 0.3 is 12.5 Å². The Bertz CT molecular complexity index is 224. The van der Waals surface area contributed by atoms with Crippen molar-refractivity contribution in [3.8, 4) is 0 Å². The number of nitrogens with zero attached hydrogens (tertiary/aromatic N) is 1. The molecule has 1 aliphatic heterocycles. The molecule has 5 heteroatoms. The minimum atomic E-state index is -1.01. The summed E-state index contributed by atoms with van der Waals surface area (Å²) < 4.78 is -0.402. The minimum absolute atomic E-state index is 0.402. The fraction of sp³-hybridized carbons (Fsp3) is 0.778. The van der Waals surface area contributed by atoms with Gasteiger partial charge in [-0.1, -0.05) is 6.92 Å². The van der Waals surface area contributed by atoms with Crippen LogP contribution in [0.3, 0.4) is 0 Å². The van der Waals surface area contributed by atoms with Crippen LogP contribution in [0.15, 0.2) is 0 Å². The average molecular weight is 218 g/mol. The van der Waals surface area contributed by atoms with Gasteiger partial charge in [-0.3, -0.25) is 0 Å². The molecule has 0 aromatic heterocycles. The van der Waals surface area contributed by atoms with Crippen LogP contribution in [-0.2, 0) is 4.79 Å². The smallest absolute Gasteiger partial charge is 0.435 e. The van der Waals surface area contributed by atoms with Crippen molar-refractivity contribution in [3.05, 3.63) is 0 Å². The number of likely N-dealkylation sites (tertiary alicyclic amines) is 1. The molecule has 1 N–H and O–H groups in total. The van der Waals surface area contributed by atoms with Gasteiger partial charge in [-0.25, -0.2) is 4.79 Å².